The van der Waals surface area contributed by atoms with Crippen LogP contribution in [0.1, 0.15) is 19.8 Å². The van der Waals surface area contributed by atoms with E-state index in [0.717, 1.165) is 12.0 Å². The third kappa shape index (κ3) is 9.81. The Labute approximate surface area is 76.1 Å². The van der Waals surface area contributed by atoms with Gasteiger partial charge in [0.2, 0.25) is 0 Å². The Bertz CT molecular complexity index is 138. The molecular formula is C8H15O3S-. The third-order valence-corrected chi connectivity index (χ3v) is 1.89. The van der Waals surface area contributed by atoms with E-state index in [1.807, 2.05) is 6.92 Å². The zero-order valence-corrected chi connectivity index (χ0v) is 8.19. The maximum Gasteiger partial charge on any atom is 0.0502 e. The van der Waals surface area contributed by atoms with E-state index in [-0.39, 0.29) is 5.75 Å². The number of hydrogen-bond donors (Lipinski definition) is 0. The molecule has 0 spiro atoms. The summed E-state index contributed by atoms with van der Waals surface area (Å²) in [5.74, 6) is 0.188. The smallest absolute Gasteiger partial charge is 0.0502 e. The van der Waals surface area contributed by atoms with Crippen LogP contribution in [0.3, 0.4) is 0 Å². The Balaban J connectivity index is 3.01. The maximum atomic E-state index is 10.1. The van der Waals surface area contributed by atoms with Crippen molar-refractivity contribution in [3.05, 3.63) is 12.2 Å². The Morgan fingerprint density at radius 1 is 1.58 bits per heavy atom. The standard InChI is InChI=1S/C8H16O3S/c1-8(2)4-6-11-5-3-7-12(9)10/h1,3-7H2,2H3,(H,9,10)/p-1. The van der Waals surface area contributed by atoms with Gasteiger partial charge in [0.05, 0.1) is 6.61 Å². The van der Waals surface area contributed by atoms with Crippen LogP contribution in [0.25, 0.3) is 0 Å². The second-order valence-corrected chi connectivity index (χ2v) is 3.70. The van der Waals surface area contributed by atoms with Crippen LogP contribution in [0, 0.1) is 0 Å². The SMILES string of the molecule is C=C(C)CCOCCCS(=O)[O-]. The van der Waals surface area contributed by atoms with E-state index in [1.165, 1.54) is 0 Å². The van der Waals surface area contributed by atoms with Crippen molar-refractivity contribution in [2.24, 2.45) is 0 Å². The second-order valence-electron chi connectivity index (χ2n) is 2.68. The monoisotopic (exact) mass is 191 g/mol. The Morgan fingerprint density at radius 3 is 2.75 bits per heavy atom. The molecule has 0 saturated carbocycles. The van der Waals surface area contributed by atoms with Crippen molar-refractivity contribution in [1.82, 2.24) is 0 Å². The molecule has 0 heterocycles. The van der Waals surface area contributed by atoms with Crippen molar-refractivity contribution in [2.45, 2.75) is 19.8 Å². The molecule has 0 radical (unpaired) electrons. The summed E-state index contributed by atoms with van der Waals surface area (Å²) >= 11 is -1.93. The van der Waals surface area contributed by atoms with Crippen LogP contribution < -0.4 is 0 Å². The summed E-state index contributed by atoms with van der Waals surface area (Å²) < 4.78 is 25.3. The molecule has 0 fully saturated rings. The van der Waals surface area contributed by atoms with Gasteiger partial charge in [-0.2, -0.15) is 0 Å². The molecule has 4 heteroatoms. The summed E-state index contributed by atoms with van der Waals surface area (Å²) in [7, 11) is 0. The topological polar surface area (TPSA) is 49.4 Å². The maximum absolute atomic E-state index is 10.1. The number of hydrogen-bond acceptors (Lipinski definition) is 3. The summed E-state index contributed by atoms with van der Waals surface area (Å²) in [5.41, 5.74) is 1.09. The van der Waals surface area contributed by atoms with Gasteiger partial charge < -0.3 is 9.29 Å². The van der Waals surface area contributed by atoms with Crippen molar-refractivity contribution in [1.29, 1.82) is 0 Å². The molecule has 0 N–H and O–H groups in total. The van der Waals surface area contributed by atoms with E-state index in [2.05, 4.69) is 6.58 Å². The molecule has 0 aliphatic carbocycles. The summed E-state index contributed by atoms with van der Waals surface area (Å²) in [6.45, 7) is 6.82. The molecule has 0 aromatic rings. The van der Waals surface area contributed by atoms with Crippen LogP contribution in [0.2, 0.25) is 0 Å². The molecule has 0 aliphatic rings. The largest absolute Gasteiger partial charge is 0.772 e. The van der Waals surface area contributed by atoms with Crippen molar-refractivity contribution in [3.63, 3.8) is 0 Å². The third-order valence-electron chi connectivity index (χ3n) is 1.27. The Hall–Kier alpha value is -0.190. The molecule has 12 heavy (non-hydrogen) atoms. The highest BCUT2D eigenvalue weighted by Gasteiger charge is 1.90. The lowest BCUT2D eigenvalue weighted by molar-refractivity contribution is 0.138. The van der Waals surface area contributed by atoms with E-state index in [0.29, 0.717) is 19.6 Å². The van der Waals surface area contributed by atoms with E-state index in [4.69, 9.17) is 4.74 Å². The Kier molecular flexibility index (Phi) is 7.34. The van der Waals surface area contributed by atoms with Crippen LogP contribution in [-0.4, -0.2) is 27.7 Å². The molecule has 0 aromatic carbocycles. The lowest BCUT2D eigenvalue weighted by atomic mass is 10.3. The minimum Gasteiger partial charge on any atom is -0.772 e. The quantitative estimate of drug-likeness (QED) is 0.345. The van der Waals surface area contributed by atoms with Crippen LogP contribution in [0.5, 0.6) is 0 Å². The van der Waals surface area contributed by atoms with Gasteiger partial charge in [-0.25, -0.2) is 0 Å². The van der Waals surface area contributed by atoms with E-state index in [1.54, 1.807) is 0 Å². The molecule has 0 aromatic heterocycles. The predicted molar refractivity (Wildman–Crippen MR) is 48.7 cm³/mol. The molecule has 3 nitrogen and oxygen atoms in total. The highest BCUT2D eigenvalue weighted by Crippen LogP contribution is 1.95. The van der Waals surface area contributed by atoms with Gasteiger partial charge in [0.25, 0.3) is 0 Å². The van der Waals surface area contributed by atoms with Crippen molar-refractivity contribution in [3.8, 4) is 0 Å². The first-order valence-corrected chi connectivity index (χ1v) is 5.15. The minimum atomic E-state index is -1.93. The fourth-order valence-corrected chi connectivity index (χ4v) is 0.981. The van der Waals surface area contributed by atoms with Gasteiger partial charge in [-0.1, -0.05) is 16.7 Å². The van der Waals surface area contributed by atoms with E-state index < -0.39 is 11.1 Å². The van der Waals surface area contributed by atoms with Crippen LogP contribution in [0.4, 0.5) is 0 Å². The first-order valence-electron chi connectivity index (χ1n) is 3.91. The van der Waals surface area contributed by atoms with Crippen molar-refractivity contribution >= 4 is 11.1 Å². The summed E-state index contributed by atoms with van der Waals surface area (Å²) in [4.78, 5) is 0. The van der Waals surface area contributed by atoms with Crippen molar-refractivity contribution in [2.75, 3.05) is 19.0 Å². The molecule has 0 rings (SSSR count). The minimum absolute atomic E-state index is 0.188. The molecule has 0 saturated heterocycles. The molecule has 0 bridgehead atoms. The van der Waals surface area contributed by atoms with Gasteiger partial charge in [0, 0.05) is 12.4 Å². The van der Waals surface area contributed by atoms with Gasteiger partial charge in [0.15, 0.2) is 0 Å². The summed E-state index contributed by atoms with van der Waals surface area (Å²) in [5, 5.41) is 0. The Morgan fingerprint density at radius 2 is 2.25 bits per heavy atom. The average molecular weight is 191 g/mol. The number of ether oxygens (including phenoxy) is 1. The average Bonchev–Trinajstić information content (AvgIpc) is 1.95. The highest BCUT2D eigenvalue weighted by molar-refractivity contribution is 7.79. The highest BCUT2D eigenvalue weighted by atomic mass is 32.2. The normalized spacial score (nSPS) is 12.8. The first kappa shape index (κ1) is 11.8. The predicted octanol–water partition coefficient (Wildman–Crippen LogP) is 1.24. The zero-order chi connectivity index (χ0) is 9.40. The fraction of sp³-hybridized carbons (Fsp3) is 0.750. The van der Waals surface area contributed by atoms with Crippen LogP contribution in [0.15, 0.2) is 12.2 Å². The lowest BCUT2D eigenvalue weighted by Gasteiger charge is -2.05. The summed E-state index contributed by atoms with van der Waals surface area (Å²) in [6.07, 6.45) is 1.42. The van der Waals surface area contributed by atoms with Gasteiger partial charge >= 0.3 is 0 Å². The van der Waals surface area contributed by atoms with E-state index in [9.17, 15) is 8.76 Å². The van der Waals surface area contributed by atoms with Gasteiger partial charge in [-0.3, -0.25) is 4.21 Å². The van der Waals surface area contributed by atoms with Gasteiger partial charge in [0.1, 0.15) is 0 Å². The van der Waals surface area contributed by atoms with Crippen LogP contribution >= 0.6 is 0 Å². The second kappa shape index (κ2) is 7.46. The molecule has 1 atom stereocenters. The molecule has 72 valence electrons. The van der Waals surface area contributed by atoms with Gasteiger partial charge in [-0.05, 0) is 19.8 Å². The first-order chi connectivity index (χ1) is 5.63. The number of rotatable bonds is 7. The molecule has 0 amide bonds. The zero-order valence-electron chi connectivity index (χ0n) is 7.38. The lowest BCUT2D eigenvalue weighted by Crippen LogP contribution is -2.02. The molecule has 0 aliphatic heterocycles. The van der Waals surface area contributed by atoms with Crippen LogP contribution in [-0.2, 0) is 15.8 Å². The van der Waals surface area contributed by atoms with E-state index >= 15 is 0 Å². The van der Waals surface area contributed by atoms with Crippen molar-refractivity contribution < 1.29 is 13.5 Å². The van der Waals surface area contributed by atoms with Gasteiger partial charge in [-0.15, -0.1) is 6.58 Å². The molecule has 1 unspecified atom stereocenters. The fourth-order valence-electron chi connectivity index (χ4n) is 0.627. The molecular weight excluding hydrogens is 176 g/mol. The summed E-state index contributed by atoms with van der Waals surface area (Å²) in [6, 6.07) is 0.